The monoisotopic (exact) mass is 253 g/mol. The number of nitrogens with two attached hydrogens (primary N) is 1. The lowest BCUT2D eigenvalue weighted by Crippen LogP contribution is -2.12. The molecule has 0 radical (unpaired) electrons. The van der Waals surface area contributed by atoms with Crippen LogP contribution in [0.5, 0.6) is 0 Å². The first-order chi connectivity index (χ1) is 9.24. The molecule has 3 rings (SSSR count). The van der Waals surface area contributed by atoms with Gasteiger partial charge in [0, 0.05) is 17.4 Å². The molecule has 1 aromatic carbocycles. The van der Waals surface area contributed by atoms with Gasteiger partial charge in [0.1, 0.15) is 0 Å². The Morgan fingerprint density at radius 1 is 1.32 bits per heavy atom. The van der Waals surface area contributed by atoms with Gasteiger partial charge in [-0.2, -0.15) is 0 Å². The SMILES string of the molecule is NC(=O)c1cccc(NC2CCc3cccnc32)c1. The second-order valence-electron chi connectivity index (χ2n) is 4.73. The highest BCUT2D eigenvalue weighted by molar-refractivity contribution is 5.93. The minimum atomic E-state index is -0.409. The summed E-state index contributed by atoms with van der Waals surface area (Å²) in [5.41, 5.74) is 9.11. The first-order valence-corrected chi connectivity index (χ1v) is 6.34. The lowest BCUT2D eigenvalue weighted by molar-refractivity contribution is 0.100. The highest BCUT2D eigenvalue weighted by Gasteiger charge is 2.23. The molecule has 1 amide bonds. The van der Waals surface area contributed by atoms with E-state index < -0.39 is 5.91 Å². The first kappa shape index (κ1) is 11.7. The van der Waals surface area contributed by atoms with Crippen molar-refractivity contribution in [2.45, 2.75) is 18.9 Å². The maximum absolute atomic E-state index is 11.2. The molecule has 0 bridgehead atoms. The number of fused-ring (bicyclic) bond motifs is 1. The summed E-state index contributed by atoms with van der Waals surface area (Å²) in [6.45, 7) is 0. The lowest BCUT2D eigenvalue weighted by Gasteiger charge is -2.15. The van der Waals surface area contributed by atoms with Crippen LogP contribution in [0.2, 0.25) is 0 Å². The van der Waals surface area contributed by atoms with Crippen molar-refractivity contribution in [2.24, 2.45) is 5.73 Å². The Morgan fingerprint density at radius 2 is 2.21 bits per heavy atom. The molecule has 0 saturated heterocycles. The van der Waals surface area contributed by atoms with Gasteiger partial charge in [-0.05, 0) is 42.7 Å². The van der Waals surface area contributed by atoms with E-state index in [1.54, 1.807) is 12.1 Å². The van der Waals surface area contributed by atoms with Gasteiger partial charge < -0.3 is 11.1 Å². The molecule has 0 spiro atoms. The number of nitrogens with one attached hydrogen (secondary N) is 1. The first-order valence-electron chi connectivity index (χ1n) is 6.34. The molecular weight excluding hydrogens is 238 g/mol. The average Bonchev–Trinajstić information content (AvgIpc) is 2.83. The summed E-state index contributed by atoms with van der Waals surface area (Å²) in [5, 5.41) is 3.42. The predicted molar refractivity (Wildman–Crippen MR) is 73.9 cm³/mol. The molecule has 1 aromatic heterocycles. The van der Waals surface area contributed by atoms with Gasteiger partial charge in [-0.25, -0.2) is 0 Å². The fraction of sp³-hybridized carbons (Fsp3) is 0.200. The molecule has 0 saturated carbocycles. The van der Waals surface area contributed by atoms with E-state index in [1.807, 2.05) is 24.4 Å². The molecule has 1 unspecified atom stereocenters. The van der Waals surface area contributed by atoms with Gasteiger partial charge in [0.15, 0.2) is 0 Å². The van der Waals surface area contributed by atoms with Gasteiger partial charge in [-0.15, -0.1) is 0 Å². The van der Waals surface area contributed by atoms with Crippen LogP contribution >= 0.6 is 0 Å². The zero-order valence-electron chi connectivity index (χ0n) is 10.5. The number of aryl methyl sites for hydroxylation is 1. The molecule has 4 heteroatoms. The molecule has 1 atom stereocenters. The number of carbonyl (C=O) groups is 1. The number of primary amides is 1. The van der Waals surface area contributed by atoms with Crippen LogP contribution in [0.1, 0.15) is 34.1 Å². The zero-order chi connectivity index (χ0) is 13.2. The van der Waals surface area contributed by atoms with Crippen molar-refractivity contribution < 1.29 is 4.79 Å². The zero-order valence-corrected chi connectivity index (χ0v) is 10.5. The Balaban J connectivity index is 1.83. The smallest absolute Gasteiger partial charge is 0.248 e. The number of benzene rings is 1. The number of carbonyl (C=O) groups excluding carboxylic acids is 1. The van der Waals surface area contributed by atoms with Crippen molar-refractivity contribution in [1.82, 2.24) is 4.98 Å². The molecular formula is C15H15N3O. The van der Waals surface area contributed by atoms with E-state index in [-0.39, 0.29) is 6.04 Å². The van der Waals surface area contributed by atoms with Crippen LogP contribution in [-0.4, -0.2) is 10.9 Å². The summed E-state index contributed by atoms with van der Waals surface area (Å²) in [5.74, 6) is -0.409. The maximum atomic E-state index is 11.2. The van der Waals surface area contributed by atoms with Gasteiger partial charge in [-0.1, -0.05) is 12.1 Å². The molecule has 0 fully saturated rings. The van der Waals surface area contributed by atoms with Gasteiger partial charge in [0.2, 0.25) is 5.91 Å². The van der Waals surface area contributed by atoms with Crippen molar-refractivity contribution in [3.05, 3.63) is 59.4 Å². The summed E-state index contributed by atoms with van der Waals surface area (Å²) >= 11 is 0. The number of nitrogens with zero attached hydrogens (tertiary/aromatic N) is 1. The van der Waals surface area contributed by atoms with Gasteiger partial charge in [0.05, 0.1) is 11.7 Å². The van der Waals surface area contributed by atoms with Crippen molar-refractivity contribution in [2.75, 3.05) is 5.32 Å². The summed E-state index contributed by atoms with van der Waals surface area (Å²) in [6, 6.07) is 11.6. The number of anilines is 1. The summed E-state index contributed by atoms with van der Waals surface area (Å²) < 4.78 is 0. The summed E-state index contributed by atoms with van der Waals surface area (Å²) in [7, 11) is 0. The number of rotatable bonds is 3. The summed E-state index contributed by atoms with van der Waals surface area (Å²) in [6.07, 6.45) is 3.88. The van der Waals surface area contributed by atoms with E-state index in [4.69, 9.17) is 5.73 Å². The predicted octanol–water partition coefficient (Wildman–Crippen LogP) is 2.28. The Kier molecular flexibility index (Phi) is 2.91. The minimum Gasteiger partial charge on any atom is -0.377 e. The third-order valence-corrected chi connectivity index (χ3v) is 3.45. The molecule has 19 heavy (non-hydrogen) atoms. The van der Waals surface area contributed by atoms with Crippen LogP contribution in [-0.2, 0) is 6.42 Å². The number of aromatic nitrogens is 1. The van der Waals surface area contributed by atoms with E-state index in [0.717, 1.165) is 24.2 Å². The van der Waals surface area contributed by atoms with E-state index >= 15 is 0 Å². The molecule has 96 valence electrons. The van der Waals surface area contributed by atoms with E-state index in [0.29, 0.717) is 5.56 Å². The molecule has 1 aliphatic rings. The topological polar surface area (TPSA) is 68.0 Å². The molecule has 3 N–H and O–H groups in total. The molecule has 0 aliphatic heterocycles. The second kappa shape index (κ2) is 4.72. The number of hydrogen-bond acceptors (Lipinski definition) is 3. The number of amides is 1. The number of hydrogen-bond donors (Lipinski definition) is 2. The molecule has 4 nitrogen and oxygen atoms in total. The van der Waals surface area contributed by atoms with E-state index in [2.05, 4.69) is 16.4 Å². The molecule has 2 aromatic rings. The van der Waals surface area contributed by atoms with E-state index in [1.165, 1.54) is 5.56 Å². The average molecular weight is 253 g/mol. The fourth-order valence-electron chi connectivity index (χ4n) is 2.52. The van der Waals surface area contributed by atoms with Crippen LogP contribution in [0.25, 0.3) is 0 Å². The van der Waals surface area contributed by atoms with Crippen LogP contribution < -0.4 is 11.1 Å². The largest absolute Gasteiger partial charge is 0.377 e. The lowest BCUT2D eigenvalue weighted by atomic mass is 10.1. The Hall–Kier alpha value is -2.36. The van der Waals surface area contributed by atoms with Crippen molar-refractivity contribution >= 4 is 11.6 Å². The molecule has 1 heterocycles. The van der Waals surface area contributed by atoms with Crippen molar-refractivity contribution in [3.63, 3.8) is 0 Å². The van der Waals surface area contributed by atoms with Crippen molar-refractivity contribution in [1.29, 1.82) is 0 Å². The van der Waals surface area contributed by atoms with Gasteiger partial charge >= 0.3 is 0 Å². The van der Waals surface area contributed by atoms with Crippen LogP contribution in [0.3, 0.4) is 0 Å². The van der Waals surface area contributed by atoms with Crippen molar-refractivity contribution in [3.8, 4) is 0 Å². The summed E-state index contributed by atoms with van der Waals surface area (Å²) in [4.78, 5) is 15.6. The third kappa shape index (κ3) is 2.29. The maximum Gasteiger partial charge on any atom is 0.248 e. The van der Waals surface area contributed by atoms with Crippen LogP contribution in [0, 0.1) is 0 Å². The standard InChI is InChI=1S/C15H15N3O/c16-15(19)11-3-1-5-12(9-11)18-13-7-6-10-4-2-8-17-14(10)13/h1-5,8-9,13,18H,6-7H2,(H2,16,19). The molecule has 1 aliphatic carbocycles. The second-order valence-corrected chi connectivity index (χ2v) is 4.73. The highest BCUT2D eigenvalue weighted by atomic mass is 16.1. The minimum absolute atomic E-state index is 0.208. The van der Waals surface area contributed by atoms with E-state index in [9.17, 15) is 4.79 Å². The Labute approximate surface area is 111 Å². The quantitative estimate of drug-likeness (QED) is 0.881. The van der Waals surface area contributed by atoms with Crippen LogP contribution in [0.15, 0.2) is 42.6 Å². The van der Waals surface area contributed by atoms with Gasteiger partial charge in [-0.3, -0.25) is 9.78 Å². The normalized spacial score (nSPS) is 16.9. The Morgan fingerprint density at radius 3 is 3.05 bits per heavy atom. The van der Waals surface area contributed by atoms with Gasteiger partial charge in [0.25, 0.3) is 0 Å². The fourth-order valence-corrected chi connectivity index (χ4v) is 2.52. The third-order valence-electron chi connectivity index (χ3n) is 3.45. The van der Waals surface area contributed by atoms with Crippen LogP contribution in [0.4, 0.5) is 5.69 Å². The highest BCUT2D eigenvalue weighted by Crippen LogP contribution is 2.32. The Bertz CT molecular complexity index is 624. The number of pyridine rings is 1.